The second-order valence-electron chi connectivity index (χ2n) is 5.97. The third-order valence-electron chi connectivity index (χ3n) is 3.94. The Morgan fingerprint density at radius 1 is 0.846 bits per heavy atom. The number of rotatable bonds is 4. The molecule has 0 saturated carbocycles. The van der Waals surface area contributed by atoms with Crippen LogP contribution in [0.1, 0.15) is 36.5 Å². The smallest absolute Gasteiger partial charge is 0.160 e. The minimum Gasteiger partial charge on any atom is -0.236 e. The highest BCUT2D eigenvalue weighted by Gasteiger charge is 2.02. The van der Waals surface area contributed by atoms with Crippen molar-refractivity contribution < 1.29 is 8.78 Å². The van der Waals surface area contributed by atoms with E-state index >= 15 is 0 Å². The Morgan fingerprint density at radius 3 is 2.15 bits per heavy atom. The molecule has 3 rings (SSSR count). The van der Waals surface area contributed by atoms with E-state index in [0.717, 1.165) is 48.1 Å². The molecule has 0 unspecified atom stereocenters. The first-order chi connectivity index (χ1) is 12.7. The average Bonchev–Trinajstić information content (AvgIpc) is 2.68. The number of hydrogen-bond donors (Lipinski definition) is 0. The molecule has 0 bridgehead atoms. The maximum absolute atomic E-state index is 13.2. The lowest BCUT2D eigenvalue weighted by atomic mass is 10.1. The number of aromatic nitrogens is 2. The first kappa shape index (κ1) is 17.8. The van der Waals surface area contributed by atoms with E-state index in [1.807, 2.05) is 36.7 Å². The SMILES string of the molecule is CCCCc1cnc(-c2ccc(C#Cc3ccc(F)c(F)c3)cc2)nc1. The molecule has 0 saturated heterocycles. The van der Waals surface area contributed by atoms with Crippen LogP contribution >= 0.6 is 0 Å². The van der Waals surface area contributed by atoms with E-state index in [-0.39, 0.29) is 0 Å². The first-order valence-electron chi connectivity index (χ1n) is 8.54. The third kappa shape index (κ3) is 4.52. The Morgan fingerprint density at radius 2 is 1.50 bits per heavy atom. The van der Waals surface area contributed by atoms with Crippen LogP contribution < -0.4 is 0 Å². The first-order valence-corrected chi connectivity index (χ1v) is 8.54. The molecule has 26 heavy (non-hydrogen) atoms. The lowest BCUT2D eigenvalue weighted by molar-refractivity contribution is 0.508. The molecule has 3 aromatic rings. The van der Waals surface area contributed by atoms with Crippen LogP contribution in [0.2, 0.25) is 0 Å². The van der Waals surface area contributed by atoms with Gasteiger partial charge in [0.1, 0.15) is 0 Å². The lowest BCUT2D eigenvalue weighted by Crippen LogP contribution is -1.93. The van der Waals surface area contributed by atoms with Gasteiger partial charge in [-0.15, -0.1) is 0 Å². The van der Waals surface area contributed by atoms with Gasteiger partial charge in [-0.05, 0) is 60.9 Å². The fraction of sp³-hybridized carbons (Fsp3) is 0.182. The molecular formula is C22H18F2N2. The van der Waals surface area contributed by atoms with Crippen molar-refractivity contribution in [3.05, 3.63) is 83.2 Å². The number of aryl methyl sites for hydroxylation is 1. The second kappa shape index (κ2) is 8.35. The molecule has 0 aliphatic carbocycles. The van der Waals surface area contributed by atoms with Crippen LogP contribution in [0.4, 0.5) is 8.78 Å². The number of halogens is 2. The molecule has 1 aromatic heterocycles. The van der Waals surface area contributed by atoms with Crippen molar-refractivity contribution in [1.29, 1.82) is 0 Å². The monoisotopic (exact) mass is 348 g/mol. The maximum atomic E-state index is 13.2. The van der Waals surface area contributed by atoms with Crippen LogP contribution in [0, 0.1) is 23.5 Å². The summed E-state index contributed by atoms with van der Waals surface area (Å²) in [6.45, 7) is 2.16. The summed E-state index contributed by atoms with van der Waals surface area (Å²) >= 11 is 0. The molecule has 0 fully saturated rings. The minimum absolute atomic E-state index is 0.430. The Labute approximate surface area is 152 Å². The topological polar surface area (TPSA) is 25.8 Å². The standard InChI is InChI=1S/C22H18F2N2/c1-2-3-4-18-14-25-22(26-15-18)19-10-7-16(8-11-19)5-6-17-9-12-20(23)21(24)13-17/h7-15H,2-4H2,1H3. The van der Waals surface area contributed by atoms with Gasteiger partial charge in [0.25, 0.3) is 0 Å². The summed E-state index contributed by atoms with van der Waals surface area (Å²) in [6.07, 6.45) is 7.02. The maximum Gasteiger partial charge on any atom is 0.160 e. The highest BCUT2D eigenvalue weighted by Crippen LogP contribution is 2.16. The van der Waals surface area contributed by atoms with Gasteiger partial charge in [0.15, 0.2) is 17.5 Å². The molecule has 130 valence electrons. The molecular weight excluding hydrogens is 330 g/mol. The van der Waals surface area contributed by atoms with E-state index in [9.17, 15) is 8.78 Å². The van der Waals surface area contributed by atoms with Crippen molar-refractivity contribution in [1.82, 2.24) is 9.97 Å². The van der Waals surface area contributed by atoms with Crippen molar-refractivity contribution >= 4 is 0 Å². The molecule has 2 nitrogen and oxygen atoms in total. The largest absolute Gasteiger partial charge is 0.236 e. The van der Waals surface area contributed by atoms with Crippen molar-refractivity contribution in [2.75, 3.05) is 0 Å². The highest BCUT2D eigenvalue weighted by atomic mass is 19.2. The Hall–Kier alpha value is -3.06. The quantitative estimate of drug-likeness (QED) is 0.608. The zero-order chi connectivity index (χ0) is 18.4. The number of unbranched alkanes of at least 4 members (excludes halogenated alkanes) is 1. The summed E-state index contributed by atoms with van der Waals surface area (Å²) < 4.78 is 26.1. The van der Waals surface area contributed by atoms with Gasteiger partial charge in [-0.2, -0.15) is 0 Å². The van der Waals surface area contributed by atoms with Gasteiger partial charge in [0, 0.05) is 29.1 Å². The van der Waals surface area contributed by atoms with Crippen LogP contribution in [-0.4, -0.2) is 9.97 Å². The van der Waals surface area contributed by atoms with Crippen LogP contribution in [-0.2, 0) is 6.42 Å². The molecule has 2 aromatic carbocycles. The molecule has 0 aliphatic heterocycles. The van der Waals surface area contributed by atoms with E-state index in [2.05, 4.69) is 28.7 Å². The van der Waals surface area contributed by atoms with Crippen molar-refractivity contribution in [2.45, 2.75) is 26.2 Å². The zero-order valence-electron chi connectivity index (χ0n) is 14.5. The zero-order valence-corrected chi connectivity index (χ0v) is 14.5. The summed E-state index contributed by atoms with van der Waals surface area (Å²) in [6, 6.07) is 11.1. The van der Waals surface area contributed by atoms with Crippen LogP contribution in [0.25, 0.3) is 11.4 Å². The Balaban J connectivity index is 1.72. The second-order valence-corrected chi connectivity index (χ2v) is 5.97. The minimum atomic E-state index is -0.897. The summed E-state index contributed by atoms with van der Waals surface area (Å²) in [5.74, 6) is 4.67. The van der Waals surface area contributed by atoms with Gasteiger partial charge < -0.3 is 0 Å². The molecule has 0 radical (unpaired) electrons. The molecule has 0 aliphatic rings. The van der Waals surface area contributed by atoms with Crippen molar-refractivity contribution in [3.8, 4) is 23.2 Å². The lowest BCUT2D eigenvalue weighted by Gasteiger charge is -2.02. The third-order valence-corrected chi connectivity index (χ3v) is 3.94. The summed E-state index contributed by atoms with van der Waals surface area (Å²) in [5.41, 5.74) is 3.26. The van der Waals surface area contributed by atoms with Gasteiger partial charge in [-0.1, -0.05) is 25.2 Å². The van der Waals surface area contributed by atoms with Gasteiger partial charge in [0.05, 0.1) is 0 Å². The highest BCUT2D eigenvalue weighted by molar-refractivity contribution is 5.57. The van der Waals surface area contributed by atoms with Gasteiger partial charge in [0.2, 0.25) is 0 Å². The predicted octanol–water partition coefficient (Wildman–Crippen LogP) is 5.16. The molecule has 0 amide bonds. The van der Waals surface area contributed by atoms with Crippen LogP contribution in [0.15, 0.2) is 54.9 Å². The number of benzene rings is 2. The summed E-state index contributed by atoms with van der Waals surface area (Å²) in [4.78, 5) is 8.84. The van der Waals surface area contributed by atoms with Gasteiger partial charge in [-0.3, -0.25) is 0 Å². The van der Waals surface area contributed by atoms with E-state index in [1.165, 1.54) is 6.07 Å². The van der Waals surface area contributed by atoms with Crippen molar-refractivity contribution in [2.24, 2.45) is 0 Å². The fourth-order valence-electron chi connectivity index (χ4n) is 2.43. The summed E-state index contributed by atoms with van der Waals surface area (Å²) in [7, 11) is 0. The van der Waals surface area contributed by atoms with E-state index in [4.69, 9.17) is 0 Å². The molecule has 0 atom stereocenters. The molecule has 4 heteroatoms. The normalized spacial score (nSPS) is 10.3. The van der Waals surface area contributed by atoms with Crippen molar-refractivity contribution in [3.63, 3.8) is 0 Å². The Kier molecular flexibility index (Phi) is 5.70. The van der Waals surface area contributed by atoms with E-state index < -0.39 is 11.6 Å². The number of hydrogen-bond acceptors (Lipinski definition) is 2. The average molecular weight is 348 g/mol. The van der Waals surface area contributed by atoms with Crippen LogP contribution in [0.3, 0.4) is 0 Å². The summed E-state index contributed by atoms with van der Waals surface area (Å²) in [5, 5.41) is 0. The van der Waals surface area contributed by atoms with Gasteiger partial charge >= 0.3 is 0 Å². The van der Waals surface area contributed by atoms with Crippen LogP contribution in [0.5, 0.6) is 0 Å². The predicted molar refractivity (Wildman–Crippen MR) is 98.4 cm³/mol. The van der Waals surface area contributed by atoms with E-state index in [1.54, 1.807) is 0 Å². The van der Waals surface area contributed by atoms with E-state index in [0.29, 0.717) is 11.4 Å². The fourth-order valence-corrected chi connectivity index (χ4v) is 2.43. The van der Waals surface area contributed by atoms with Gasteiger partial charge in [-0.25, -0.2) is 18.7 Å². The molecule has 0 N–H and O–H groups in total. The Bertz CT molecular complexity index is 937. The molecule has 1 heterocycles. The number of nitrogens with zero attached hydrogens (tertiary/aromatic N) is 2. The molecule has 0 spiro atoms.